The van der Waals surface area contributed by atoms with E-state index in [4.69, 9.17) is 11.6 Å². The molecule has 1 N–H and O–H groups in total. The number of nitrogens with zero attached hydrogens (tertiary/aromatic N) is 3. The minimum absolute atomic E-state index is 0.146. The number of aromatic nitrogens is 3. The van der Waals surface area contributed by atoms with E-state index in [1.807, 2.05) is 0 Å². The Kier molecular flexibility index (Phi) is 3.45. The summed E-state index contributed by atoms with van der Waals surface area (Å²) in [6.45, 7) is 0. The summed E-state index contributed by atoms with van der Waals surface area (Å²) in [5, 5.41) is 6.98. The Morgan fingerprint density at radius 3 is 2.70 bits per heavy atom. The summed E-state index contributed by atoms with van der Waals surface area (Å²) < 4.78 is 0. The smallest absolute Gasteiger partial charge is 0.247 e. The van der Waals surface area contributed by atoms with Gasteiger partial charge in [0.15, 0.2) is 5.16 Å². The van der Waals surface area contributed by atoms with Crippen molar-refractivity contribution in [2.24, 2.45) is 0 Å². The van der Waals surface area contributed by atoms with Gasteiger partial charge in [-0.1, -0.05) is 23.4 Å². The van der Waals surface area contributed by atoms with E-state index in [1.165, 1.54) is 23.0 Å². The maximum absolute atomic E-state index is 12.3. The number of rotatable bonds is 3. The fourth-order valence-electron chi connectivity index (χ4n) is 1.94. The number of anilines is 1. The van der Waals surface area contributed by atoms with Crippen molar-refractivity contribution in [3.8, 4) is 0 Å². The number of nitrogens with one attached hydrogen (secondary N) is 1. The van der Waals surface area contributed by atoms with Gasteiger partial charge in [-0.2, -0.15) is 5.10 Å². The average molecular weight is 309 g/mol. The fraction of sp³-hybridized carbons (Fsp3) is 0.167. The van der Waals surface area contributed by atoms with E-state index < -0.39 is 5.25 Å². The predicted molar refractivity (Wildman–Crippen MR) is 74.6 cm³/mol. The fourth-order valence-corrected chi connectivity index (χ4v) is 2.98. The number of aromatic amines is 1. The zero-order valence-electron chi connectivity index (χ0n) is 10.1. The van der Waals surface area contributed by atoms with Crippen molar-refractivity contribution in [1.82, 2.24) is 15.2 Å². The van der Waals surface area contributed by atoms with Crippen LogP contribution in [0.4, 0.5) is 5.69 Å². The first-order chi connectivity index (χ1) is 9.65. The van der Waals surface area contributed by atoms with Crippen molar-refractivity contribution in [2.75, 3.05) is 4.90 Å². The summed E-state index contributed by atoms with van der Waals surface area (Å²) in [5.74, 6) is -0.479. The number of hydrogen-bond donors (Lipinski definition) is 1. The third-order valence-electron chi connectivity index (χ3n) is 2.84. The first kappa shape index (κ1) is 13.1. The normalized spacial score (nSPS) is 18.9. The largest absolute Gasteiger partial charge is 0.274 e. The molecule has 0 aliphatic carbocycles. The molecule has 102 valence electrons. The Morgan fingerprint density at radius 2 is 2.05 bits per heavy atom. The molecule has 8 heteroatoms. The molecule has 1 aromatic heterocycles. The highest BCUT2D eigenvalue weighted by molar-refractivity contribution is 8.00. The van der Waals surface area contributed by atoms with Crippen LogP contribution in [-0.2, 0) is 9.59 Å². The lowest BCUT2D eigenvalue weighted by molar-refractivity contribution is -0.121. The molecule has 1 aromatic carbocycles. The summed E-state index contributed by atoms with van der Waals surface area (Å²) in [4.78, 5) is 29.5. The monoisotopic (exact) mass is 308 g/mol. The number of hydrogen-bond acceptors (Lipinski definition) is 5. The molecule has 20 heavy (non-hydrogen) atoms. The van der Waals surface area contributed by atoms with Gasteiger partial charge in [0, 0.05) is 11.4 Å². The lowest BCUT2D eigenvalue weighted by Crippen LogP contribution is -2.31. The molecule has 1 aliphatic heterocycles. The molecular weight excluding hydrogens is 300 g/mol. The Labute approximate surface area is 123 Å². The summed E-state index contributed by atoms with van der Waals surface area (Å²) in [6, 6.07) is 6.60. The van der Waals surface area contributed by atoms with E-state index in [0.717, 1.165) is 0 Å². The van der Waals surface area contributed by atoms with Crippen molar-refractivity contribution in [2.45, 2.75) is 16.8 Å². The molecule has 1 unspecified atom stereocenters. The van der Waals surface area contributed by atoms with Crippen LogP contribution in [-0.4, -0.2) is 32.2 Å². The second-order valence-corrected chi connectivity index (χ2v) is 5.77. The van der Waals surface area contributed by atoms with Crippen LogP contribution in [0.15, 0.2) is 35.7 Å². The van der Waals surface area contributed by atoms with E-state index in [1.54, 1.807) is 24.3 Å². The van der Waals surface area contributed by atoms with Crippen molar-refractivity contribution in [3.05, 3.63) is 35.6 Å². The first-order valence-electron chi connectivity index (χ1n) is 5.79. The van der Waals surface area contributed by atoms with Gasteiger partial charge in [-0.05, 0) is 24.3 Å². The molecule has 0 spiro atoms. The molecule has 3 rings (SSSR count). The van der Waals surface area contributed by atoms with Gasteiger partial charge in [0.2, 0.25) is 11.8 Å². The van der Waals surface area contributed by atoms with Gasteiger partial charge in [-0.25, -0.2) is 9.88 Å². The van der Waals surface area contributed by atoms with Crippen molar-refractivity contribution in [3.63, 3.8) is 0 Å². The third kappa shape index (κ3) is 2.41. The van der Waals surface area contributed by atoms with Gasteiger partial charge < -0.3 is 0 Å². The number of amides is 2. The lowest BCUT2D eigenvalue weighted by Gasteiger charge is -2.14. The highest BCUT2D eigenvalue weighted by atomic mass is 35.5. The minimum atomic E-state index is -0.480. The molecule has 1 aliphatic rings. The highest BCUT2D eigenvalue weighted by Gasteiger charge is 2.40. The summed E-state index contributed by atoms with van der Waals surface area (Å²) >= 11 is 7.01. The molecule has 1 atom stereocenters. The summed E-state index contributed by atoms with van der Waals surface area (Å²) in [7, 11) is 0. The van der Waals surface area contributed by atoms with Crippen LogP contribution < -0.4 is 4.90 Å². The van der Waals surface area contributed by atoms with Crippen LogP contribution in [0.25, 0.3) is 0 Å². The van der Waals surface area contributed by atoms with Crippen molar-refractivity contribution in [1.29, 1.82) is 0 Å². The average Bonchev–Trinajstić information content (AvgIpc) is 3.02. The van der Waals surface area contributed by atoms with Gasteiger partial charge in [0.25, 0.3) is 0 Å². The number of imide groups is 1. The van der Waals surface area contributed by atoms with Crippen LogP contribution >= 0.6 is 23.4 Å². The van der Waals surface area contributed by atoms with Crippen molar-refractivity contribution >= 4 is 40.9 Å². The quantitative estimate of drug-likeness (QED) is 0.876. The van der Waals surface area contributed by atoms with E-state index in [2.05, 4.69) is 15.2 Å². The number of carbonyl (C=O) groups is 2. The second-order valence-electron chi connectivity index (χ2n) is 4.15. The van der Waals surface area contributed by atoms with E-state index in [0.29, 0.717) is 15.9 Å². The summed E-state index contributed by atoms with van der Waals surface area (Å²) in [6.07, 6.45) is 1.51. The molecule has 0 bridgehead atoms. The molecule has 6 nitrogen and oxygen atoms in total. The van der Waals surface area contributed by atoms with Crippen molar-refractivity contribution < 1.29 is 9.59 Å². The minimum Gasteiger partial charge on any atom is -0.274 e. The highest BCUT2D eigenvalue weighted by Crippen LogP contribution is 2.32. The topological polar surface area (TPSA) is 79.0 Å². The van der Waals surface area contributed by atoms with Crippen LogP contribution in [0.3, 0.4) is 0 Å². The van der Waals surface area contributed by atoms with Gasteiger partial charge in [0.05, 0.1) is 5.69 Å². The number of thioether (sulfide) groups is 1. The molecule has 1 fully saturated rings. The zero-order valence-corrected chi connectivity index (χ0v) is 11.7. The van der Waals surface area contributed by atoms with Gasteiger partial charge in [-0.3, -0.25) is 14.7 Å². The molecule has 0 saturated carbocycles. The molecule has 2 aromatic rings. The Bertz CT molecular complexity index is 644. The molecule has 2 heterocycles. The molecule has 2 amide bonds. The summed E-state index contributed by atoms with van der Waals surface area (Å²) in [5.41, 5.74) is 0.532. The van der Waals surface area contributed by atoms with E-state index in [9.17, 15) is 9.59 Å². The van der Waals surface area contributed by atoms with Gasteiger partial charge in [-0.15, -0.1) is 0 Å². The Morgan fingerprint density at radius 1 is 1.30 bits per heavy atom. The number of H-pyrrole nitrogens is 1. The Balaban J connectivity index is 1.81. The molecule has 0 radical (unpaired) electrons. The second kappa shape index (κ2) is 5.26. The maximum Gasteiger partial charge on any atom is 0.247 e. The van der Waals surface area contributed by atoms with Crippen LogP contribution in [0, 0.1) is 0 Å². The third-order valence-corrected chi connectivity index (χ3v) is 4.16. The van der Waals surface area contributed by atoms with Gasteiger partial charge in [0.1, 0.15) is 11.6 Å². The van der Waals surface area contributed by atoms with Crippen LogP contribution in [0.1, 0.15) is 6.42 Å². The number of halogens is 1. The predicted octanol–water partition coefficient (Wildman–Crippen LogP) is 1.88. The Hall–Kier alpha value is -1.86. The standard InChI is InChI=1S/C12H9ClN4O2S/c13-7-1-3-8(4-2-7)17-10(18)5-9(11(17)19)20-12-14-6-15-16-12/h1-4,6,9H,5H2,(H,14,15,16). The number of benzene rings is 1. The molecular formula is C12H9ClN4O2S. The zero-order chi connectivity index (χ0) is 14.1. The van der Waals surface area contributed by atoms with Crippen LogP contribution in [0.2, 0.25) is 5.02 Å². The van der Waals surface area contributed by atoms with E-state index in [-0.39, 0.29) is 18.2 Å². The van der Waals surface area contributed by atoms with E-state index >= 15 is 0 Å². The van der Waals surface area contributed by atoms with Crippen LogP contribution in [0.5, 0.6) is 0 Å². The maximum atomic E-state index is 12.3. The van der Waals surface area contributed by atoms with Gasteiger partial charge >= 0.3 is 0 Å². The SMILES string of the molecule is O=C1CC(Sc2ncn[nH]2)C(=O)N1c1ccc(Cl)cc1. The first-order valence-corrected chi connectivity index (χ1v) is 7.05. The molecule has 1 saturated heterocycles. The lowest BCUT2D eigenvalue weighted by atomic mass is 10.3. The number of carbonyl (C=O) groups excluding carboxylic acids is 2.